The summed E-state index contributed by atoms with van der Waals surface area (Å²) >= 11 is 0. The molecule has 1 atom stereocenters. The summed E-state index contributed by atoms with van der Waals surface area (Å²) < 4.78 is 5.32. The summed E-state index contributed by atoms with van der Waals surface area (Å²) in [6, 6.07) is 0. The fourth-order valence-electron chi connectivity index (χ4n) is 1.03. The lowest BCUT2D eigenvalue weighted by Crippen LogP contribution is -2.23. The first-order chi connectivity index (χ1) is 6.76. The maximum atomic E-state index is 11.5. The van der Waals surface area contributed by atoms with Gasteiger partial charge in [-0.15, -0.1) is 19.7 Å². The van der Waals surface area contributed by atoms with Crippen molar-refractivity contribution < 1.29 is 9.53 Å². The Labute approximate surface area is 86.0 Å². The van der Waals surface area contributed by atoms with Crippen molar-refractivity contribution in [3.8, 4) is 0 Å². The van der Waals surface area contributed by atoms with Gasteiger partial charge in [0, 0.05) is 6.42 Å². The van der Waals surface area contributed by atoms with Crippen molar-refractivity contribution in [1.29, 1.82) is 0 Å². The zero-order valence-corrected chi connectivity index (χ0v) is 8.58. The lowest BCUT2D eigenvalue weighted by molar-refractivity contribution is -0.129. The van der Waals surface area contributed by atoms with Gasteiger partial charge in [0.25, 0.3) is 0 Å². The van der Waals surface area contributed by atoms with E-state index in [-0.39, 0.29) is 11.9 Å². The van der Waals surface area contributed by atoms with Crippen molar-refractivity contribution in [2.45, 2.75) is 25.4 Å². The van der Waals surface area contributed by atoms with Gasteiger partial charge in [-0.25, -0.2) is 0 Å². The number of rotatable bonds is 9. The number of hydrogen-bond donors (Lipinski definition) is 0. The normalized spacial score (nSPS) is 11.7. The Kier molecular flexibility index (Phi) is 7.75. The van der Waals surface area contributed by atoms with Gasteiger partial charge in [-0.05, 0) is 12.8 Å². The molecular formula is C12H18O2. The smallest absolute Gasteiger partial charge is 0.162 e. The maximum absolute atomic E-state index is 11.5. The second kappa shape index (κ2) is 8.45. The van der Waals surface area contributed by atoms with E-state index < -0.39 is 0 Å². The summed E-state index contributed by atoms with van der Waals surface area (Å²) in [5.41, 5.74) is 0. The van der Waals surface area contributed by atoms with Crippen LogP contribution in [0.4, 0.5) is 0 Å². The van der Waals surface area contributed by atoms with E-state index in [1.54, 1.807) is 18.2 Å². The van der Waals surface area contributed by atoms with E-state index in [2.05, 4.69) is 19.7 Å². The van der Waals surface area contributed by atoms with Gasteiger partial charge < -0.3 is 4.74 Å². The molecule has 0 aromatic carbocycles. The Morgan fingerprint density at radius 1 is 1.21 bits per heavy atom. The minimum absolute atomic E-state index is 0.103. The number of hydrogen-bond acceptors (Lipinski definition) is 2. The number of ketones is 1. The standard InChI is InChI=1S/C12H18O2/c1-4-7-9-11(13)12(8-5-2)14-10-6-3/h4-6,12H,1-3,7-10H2/t12-/m1/s1. The Balaban J connectivity index is 4.01. The highest BCUT2D eigenvalue weighted by Gasteiger charge is 2.15. The first-order valence-corrected chi connectivity index (χ1v) is 4.73. The summed E-state index contributed by atoms with van der Waals surface area (Å²) in [6.07, 6.45) is 6.44. The number of carbonyl (C=O) groups is 1. The Morgan fingerprint density at radius 2 is 1.93 bits per heavy atom. The summed E-state index contributed by atoms with van der Waals surface area (Å²) in [7, 11) is 0. The third-order valence-corrected chi connectivity index (χ3v) is 1.75. The van der Waals surface area contributed by atoms with Crippen LogP contribution in [0.25, 0.3) is 0 Å². The predicted octanol–water partition coefficient (Wildman–Crippen LogP) is 2.67. The van der Waals surface area contributed by atoms with Crippen molar-refractivity contribution in [2.24, 2.45) is 0 Å². The van der Waals surface area contributed by atoms with E-state index in [9.17, 15) is 4.79 Å². The topological polar surface area (TPSA) is 26.3 Å². The van der Waals surface area contributed by atoms with Crippen LogP contribution in [0.15, 0.2) is 38.0 Å². The molecule has 0 unspecified atom stereocenters. The highest BCUT2D eigenvalue weighted by atomic mass is 16.5. The Morgan fingerprint density at radius 3 is 2.43 bits per heavy atom. The second-order valence-electron chi connectivity index (χ2n) is 2.93. The number of Topliss-reactive ketones (excluding diaryl/α,β-unsaturated/α-hetero) is 1. The van der Waals surface area contributed by atoms with Gasteiger partial charge in [0.2, 0.25) is 0 Å². The van der Waals surface area contributed by atoms with E-state index in [0.29, 0.717) is 25.9 Å². The Hall–Kier alpha value is -1.15. The summed E-state index contributed by atoms with van der Waals surface area (Å²) in [6.45, 7) is 11.1. The SMILES string of the molecule is C=CCCC(=O)[C@@H](CC=C)OCC=C. The number of ether oxygens (including phenoxy) is 1. The lowest BCUT2D eigenvalue weighted by Gasteiger charge is -2.13. The van der Waals surface area contributed by atoms with Crippen molar-refractivity contribution in [3.63, 3.8) is 0 Å². The molecule has 0 aliphatic rings. The molecule has 0 saturated carbocycles. The van der Waals surface area contributed by atoms with Crippen molar-refractivity contribution in [3.05, 3.63) is 38.0 Å². The van der Waals surface area contributed by atoms with Gasteiger partial charge in [-0.1, -0.05) is 18.2 Å². The average molecular weight is 194 g/mol. The highest BCUT2D eigenvalue weighted by Crippen LogP contribution is 2.06. The van der Waals surface area contributed by atoms with Gasteiger partial charge in [-0.2, -0.15) is 0 Å². The third-order valence-electron chi connectivity index (χ3n) is 1.75. The maximum Gasteiger partial charge on any atom is 0.162 e. The molecule has 78 valence electrons. The summed E-state index contributed by atoms with van der Waals surface area (Å²) in [5, 5.41) is 0. The molecule has 0 N–H and O–H groups in total. The molecule has 0 fully saturated rings. The molecule has 0 saturated heterocycles. The van der Waals surface area contributed by atoms with Crippen LogP contribution in [-0.4, -0.2) is 18.5 Å². The molecule has 0 rings (SSSR count). The molecule has 0 aliphatic carbocycles. The lowest BCUT2D eigenvalue weighted by atomic mass is 10.1. The van der Waals surface area contributed by atoms with Crippen molar-refractivity contribution in [2.75, 3.05) is 6.61 Å². The van der Waals surface area contributed by atoms with Crippen LogP contribution in [-0.2, 0) is 9.53 Å². The number of carbonyl (C=O) groups excluding carboxylic acids is 1. The minimum Gasteiger partial charge on any atom is -0.366 e. The summed E-state index contributed by atoms with van der Waals surface area (Å²) in [4.78, 5) is 11.5. The van der Waals surface area contributed by atoms with Crippen LogP contribution in [0.2, 0.25) is 0 Å². The molecule has 0 spiro atoms. The highest BCUT2D eigenvalue weighted by molar-refractivity contribution is 5.83. The zero-order valence-electron chi connectivity index (χ0n) is 8.58. The van der Waals surface area contributed by atoms with Gasteiger partial charge in [0.05, 0.1) is 6.61 Å². The second-order valence-corrected chi connectivity index (χ2v) is 2.93. The minimum atomic E-state index is -0.370. The van der Waals surface area contributed by atoms with Crippen LogP contribution in [0.1, 0.15) is 19.3 Å². The molecule has 0 amide bonds. The molecule has 0 radical (unpaired) electrons. The molecule has 0 aliphatic heterocycles. The van der Waals surface area contributed by atoms with E-state index in [1.807, 2.05) is 0 Å². The first-order valence-electron chi connectivity index (χ1n) is 4.73. The van der Waals surface area contributed by atoms with Crippen molar-refractivity contribution >= 4 is 5.78 Å². The first kappa shape index (κ1) is 12.8. The van der Waals surface area contributed by atoms with Gasteiger partial charge in [0.1, 0.15) is 6.10 Å². The third kappa shape index (κ3) is 5.49. The fourth-order valence-corrected chi connectivity index (χ4v) is 1.03. The molecular weight excluding hydrogens is 176 g/mol. The van der Waals surface area contributed by atoms with Crippen molar-refractivity contribution in [1.82, 2.24) is 0 Å². The molecule has 0 aromatic rings. The predicted molar refractivity (Wildman–Crippen MR) is 59.2 cm³/mol. The van der Waals surface area contributed by atoms with Crippen LogP contribution >= 0.6 is 0 Å². The van der Waals surface area contributed by atoms with E-state index >= 15 is 0 Å². The molecule has 0 aromatic heterocycles. The Bertz CT molecular complexity index is 206. The molecule has 0 heterocycles. The van der Waals surface area contributed by atoms with Crippen LogP contribution in [0.3, 0.4) is 0 Å². The van der Waals surface area contributed by atoms with Crippen LogP contribution < -0.4 is 0 Å². The van der Waals surface area contributed by atoms with Gasteiger partial charge in [0.15, 0.2) is 5.78 Å². The van der Waals surface area contributed by atoms with Gasteiger partial charge >= 0.3 is 0 Å². The fraction of sp³-hybridized carbons (Fsp3) is 0.417. The average Bonchev–Trinajstić information content (AvgIpc) is 2.20. The molecule has 2 heteroatoms. The molecule has 0 bridgehead atoms. The van der Waals surface area contributed by atoms with E-state index in [0.717, 1.165) is 0 Å². The number of allylic oxidation sites excluding steroid dienone is 1. The van der Waals surface area contributed by atoms with E-state index in [4.69, 9.17) is 4.74 Å². The van der Waals surface area contributed by atoms with Crippen LogP contribution in [0.5, 0.6) is 0 Å². The molecule has 2 nitrogen and oxygen atoms in total. The largest absolute Gasteiger partial charge is 0.366 e. The quantitative estimate of drug-likeness (QED) is 0.527. The monoisotopic (exact) mass is 194 g/mol. The van der Waals surface area contributed by atoms with E-state index in [1.165, 1.54) is 0 Å². The zero-order chi connectivity index (χ0) is 10.8. The molecule has 14 heavy (non-hydrogen) atoms. The van der Waals surface area contributed by atoms with Gasteiger partial charge in [-0.3, -0.25) is 4.79 Å². The summed E-state index contributed by atoms with van der Waals surface area (Å²) in [5.74, 6) is 0.103. The van der Waals surface area contributed by atoms with Crippen LogP contribution in [0, 0.1) is 0 Å².